The number of piperidine rings is 1. The number of rotatable bonds is 6. The third kappa shape index (κ3) is 4.67. The first-order valence-corrected chi connectivity index (χ1v) is 13.7. The van der Waals surface area contributed by atoms with E-state index in [0.29, 0.717) is 42.0 Å². The molecule has 0 radical (unpaired) electrons. The standard InChI is InChI=1S/C24H31N5O5S.CH4/c1-3-34-20-9-8-18(35(32,33)28-12-10-17(30)11-13-28)14-19(20)22-26-24(31)21-15(2)25-23(29(21)27-22)16-6-4-5-7-16;/h8-9,14,16-17,30H,3-7,10-13H2,1-2H3,(H,26,27,31);1H4. The van der Waals surface area contributed by atoms with Crippen molar-refractivity contribution in [2.45, 2.75) is 76.7 Å². The number of aliphatic hydroxyl groups is 1. The summed E-state index contributed by atoms with van der Waals surface area (Å²) in [6.07, 6.45) is 4.58. The van der Waals surface area contributed by atoms with Gasteiger partial charge in [0, 0.05) is 19.0 Å². The molecule has 0 bridgehead atoms. The summed E-state index contributed by atoms with van der Waals surface area (Å²) in [6, 6.07) is 4.62. The summed E-state index contributed by atoms with van der Waals surface area (Å²) >= 11 is 0. The normalized spacial score (nSPS) is 18.0. The maximum absolute atomic E-state index is 13.4. The number of H-pyrrole nitrogens is 1. The first-order valence-electron chi connectivity index (χ1n) is 12.2. The fourth-order valence-corrected chi connectivity index (χ4v) is 6.63. The van der Waals surface area contributed by atoms with E-state index in [0.717, 1.165) is 31.5 Å². The molecule has 11 heteroatoms. The Morgan fingerprint density at radius 2 is 1.86 bits per heavy atom. The third-order valence-corrected chi connectivity index (χ3v) is 8.88. The van der Waals surface area contributed by atoms with Gasteiger partial charge in [-0.2, -0.15) is 4.31 Å². The zero-order chi connectivity index (χ0) is 24.7. The molecule has 3 heterocycles. The highest BCUT2D eigenvalue weighted by molar-refractivity contribution is 7.89. The van der Waals surface area contributed by atoms with Crippen molar-refractivity contribution < 1.29 is 18.3 Å². The number of benzene rings is 1. The molecule has 2 fully saturated rings. The lowest BCUT2D eigenvalue weighted by Gasteiger charge is -2.29. The number of aromatic nitrogens is 4. The molecule has 0 unspecified atom stereocenters. The topological polar surface area (TPSA) is 130 Å². The Kier molecular flexibility index (Phi) is 7.53. The highest BCUT2D eigenvalue weighted by atomic mass is 32.2. The summed E-state index contributed by atoms with van der Waals surface area (Å²) in [6.45, 7) is 4.52. The van der Waals surface area contributed by atoms with E-state index in [-0.39, 0.29) is 42.7 Å². The van der Waals surface area contributed by atoms with Crippen LogP contribution in [0.2, 0.25) is 0 Å². The third-order valence-electron chi connectivity index (χ3n) is 6.99. The van der Waals surface area contributed by atoms with Gasteiger partial charge in [-0.1, -0.05) is 20.3 Å². The number of sulfonamides is 1. The smallest absolute Gasteiger partial charge is 0.277 e. The zero-order valence-corrected chi connectivity index (χ0v) is 20.8. The van der Waals surface area contributed by atoms with Crippen LogP contribution in [0.3, 0.4) is 0 Å². The fraction of sp³-hybridized carbons (Fsp3) is 0.560. The highest BCUT2D eigenvalue weighted by Gasteiger charge is 2.30. The van der Waals surface area contributed by atoms with Crippen molar-refractivity contribution >= 4 is 15.5 Å². The number of hydrogen-bond acceptors (Lipinski definition) is 7. The van der Waals surface area contributed by atoms with Crippen LogP contribution >= 0.6 is 0 Å². The maximum atomic E-state index is 13.4. The second-order valence-corrected chi connectivity index (χ2v) is 11.3. The van der Waals surface area contributed by atoms with Crippen molar-refractivity contribution in [1.82, 2.24) is 23.9 Å². The van der Waals surface area contributed by atoms with Gasteiger partial charge in [0.15, 0.2) is 11.3 Å². The van der Waals surface area contributed by atoms with Gasteiger partial charge in [-0.05, 0) is 57.7 Å². The highest BCUT2D eigenvalue weighted by Crippen LogP contribution is 2.35. The fourth-order valence-electron chi connectivity index (χ4n) is 5.13. The van der Waals surface area contributed by atoms with Crippen LogP contribution in [-0.2, 0) is 10.0 Å². The molecular weight excluding hydrogens is 482 g/mol. The maximum Gasteiger partial charge on any atom is 0.277 e. The second-order valence-electron chi connectivity index (χ2n) is 9.33. The molecule has 1 aromatic carbocycles. The molecule has 5 rings (SSSR count). The molecule has 0 amide bonds. The molecule has 2 aromatic heterocycles. The van der Waals surface area contributed by atoms with Crippen LogP contribution in [0, 0.1) is 6.92 Å². The van der Waals surface area contributed by atoms with Gasteiger partial charge >= 0.3 is 0 Å². The summed E-state index contributed by atoms with van der Waals surface area (Å²) in [5, 5.41) is 14.5. The molecule has 0 spiro atoms. The quantitative estimate of drug-likeness (QED) is 0.513. The van der Waals surface area contributed by atoms with E-state index in [1.807, 2.05) is 6.92 Å². The van der Waals surface area contributed by atoms with Crippen LogP contribution < -0.4 is 10.3 Å². The Bertz CT molecular complexity index is 1400. The van der Waals surface area contributed by atoms with Crippen LogP contribution in [0.15, 0.2) is 27.9 Å². The van der Waals surface area contributed by atoms with Crippen molar-refractivity contribution in [3.8, 4) is 17.1 Å². The summed E-state index contributed by atoms with van der Waals surface area (Å²) in [5.41, 5.74) is 1.10. The number of aromatic amines is 1. The van der Waals surface area contributed by atoms with E-state index >= 15 is 0 Å². The van der Waals surface area contributed by atoms with E-state index in [1.165, 1.54) is 16.4 Å². The molecule has 196 valence electrons. The van der Waals surface area contributed by atoms with Crippen LogP contribution in [0.25, 0.3) is 16.9 Å². The molecule has 1 aliphatic heterocycles. The summed E-state index contributed by atoms with van der Waals surface area (Å²) < 4.78 is 35.5. The first-order chi connectivity index (χ1) is 16.8. The number of nitrogens with zero attached hydrogens (tertiary/aromatic N) is 4. The number of hydrogen-bond donors (Lipinski definition) is 2. The van der Waals surface area contributed by atoms with Gasteiger partial charge in [0.2, 0.25) is 10.0 Å². The van der Waals surface area contributed by atoms with E-state index in [1.54, 1.807) is 17.5 Å². The van der Waals surface area contributed by atoms with E-state index in [4.69, 9.17) is 9.84 Å². The summed E-state index contributed by atoms with van der Waals surface area (Å²) in [7, 11) is -3.79. The Morgan fingerprint density at radius 1 is 1.17 bits per heavy atom. The van der Waals surface area contributed by atoms with Crippen molar-refractivity contribution in [2.24, 2.45) is 0 Å². The van der Waals surface area contributed by atoms with Crippen LogP contribution in [0.1, 0.15) is 70.3 Å². The molecule has 2 aliphatic rings. The van der Waals surface area contributed by atoms with Gasteiger partial charge in [-0.15, -0.1) is 5.10 Å². The average Bonchev–Trinajstić information content (AvgIpc) is 3.48. The Balaban J connectivity index is 0.00000304. The Hall–Kier alpha value is -2.76. The largest absolute Gasteiger partial charge is 0.493 e. The van der Waals surface area contributed by atoms with E-state index < -0.39 is 16.1 Å². The predicted octanol–water partition coefficient (Wildman–Crippen LogP) is 3.23. The van der Waals surface area contributed by atoms with Crippen molar-refractivity contribution in [3.05, 3.63) is 40.1 Å². The van der Waals surface area contributed by atoms with Crippen LogP contribution in [0.5, 0.6) is 5.75 Å². The zero-order valence-electron chi connectivity index (χ0n) is 20.0. The van der Waals surface area contributed by atoms with Crippen molar-refractivity contribution in [3.63, 3.8) is 0 Å². The number of aryl methyl sites for hydroxylation is 1. The molecule has 1 saturated carbocycles. The SMILES string of the molecule is C.CCOc1ccc(S(=O)(=O)N2CCC(O)CC2)cc1-c1nn2c(C3CCCC3)nc(C)c2c(=O)[nH]1. The van der Waals surface area contributed by atoms with Gasteiger partial charge < -0.3 is 14.8 Å². The Morgan fingerprint density at radius 3 is 2.53 bits per heavy atom. The molecular formula is C25H35N5O5S. The number of imidazole rings is 1. The second kappa shape index (κ2) is 10.3. The molecule has 3 aromatic rings. The molecule has 0 atom stereocenters. The van der Waals surface area contributed by atoms with E-state index in [2.05, 4.69) is 9.97 Å². The van der Waals surface area contributed by atoms with Gasteiger partial charge in [-0.25, -0.2) is 17.9 Å². The average molecular weight is 518 g/mol. The molecule has 10 nitrogen and oxygen atoms in total. The minimum Gasteiger partial charge on any atom is -0.493 e. The van der Waals surface area contributed by atoms with Gasteiger partial charge in [0.1, 0.15) is 11.6 Å². The van der Waals surface area contributed by atoms with E-state index in [9.17, 15) is 18.3 Å². The van der Waals surface area contributed by atoms with Gasteiger partial charge in [0.05, 0.1) is 28.9 Å². The molecule has 1 saturated heterocycles. The van der Waals surface area contributed by atoms with Crippen LogP contribution in [-0.4, -0.2) is 63.2 Å². The summed E-state index contributed by atoms with van der Waals surface area (Å²) in [4.78, 5) is 20.7. The monoisotopic (exact) mass is 517 g/mol. The lowest BCUT2D eigenvalue weighted by atomic mass is 10.1. The number of fused-ring (bicyclic) bond motifs is 1. The number of ether oxygens (including phenoxy) is 1. The van der Waals surface area contributed by atoms with Crippen LogP contribution in [0.4, 0.5) is 0 Å². The lowest BCUT2D eigenvalue weighted by Crippen LogP contribution is -2.40. The minimum atomic E-state index is -3.79. The van der Waals surface area contributed by atoms with Gasteiger partial charge in [-0.3, -0.25) is 4.79 Å². The Labute approximate surface area is 211 Å². The minimum absolute atomic E-state index is 0. The first kappa shape index (κ1) is 26.3. The molecule has 36 heavy (non-hydrogen) atoms. The van der Waals surface area contributed by atoms with Crippen molar-refractivity contribution in [2.75, 3.05) is 19.7 Å². The lowest BCUT2D eigenvalue weighted by molar-refractivity contribution is 0.113. The molecule has 2 N–H and O–H groups in total. The molecule has 1 aliphatic carbocycles. The van der Waals surface area contributed by atoms with Crippen molar-refractivity contribution in [1.29, 1.82) is 0 Å². The number of nitrogens with one attached hydrogen (secondary N) is 1. The predicted molar refractivity (Wildman–Crippen MR) is 137 cm³/mol. The number of aliphatic hydroxyl groups excluding tert-OH is 1. The summed E-state index contributed by atoms with van der Waals surface area (Å²) in [5.74, 6) is 1.68. The van der Waals surface area contributed by atoms with Gasteiger partial charge in [0.25, 0.3) is 5.56 Å².